The van der Waals surface area contributed by atoms with E-state index >= 15 is 0 Å². The third-order valence-corrected chi connectivity index (χ3v) is 5.29. The van der Waals surface area contributed by atoms with Gasteiger partial charge in [-0.25, -0.2) is 0 Å². The number of H-pyrrole nitrogens is 1. The lowest BCUT2D eigenvalue weighted by Gasteiger charge is -2.23. The molecule has 1 amide bonds. The fraction of sp³-hybridized carbons (Fsp3) is 0.429. The van der Waals surface area contributed by atoms with E-state index in [4.69, 9.17) is 0 Å². The van der Waals surface area contributed by atoms with Gasteiger partial charge in [0.1, 0.15) is 0 Å². The van der Waals surface area contributed by atoms with E-state index in [1.807, 2.05) is 27.0 Å². The highest BCUT2D eigenvalue weighted by molar-refractivity contribution is 6.02. The summed E-state index contributed by atoms with van der Waals surface area (Å²) >= 11 is 0. The summed E-state index contributed by atoms with van der Waals surface area (Å²) in [5.41, 5.74) is 3.93. The van der Waals surface area contributed by atoms with Crippen LogP contribution in [0, 0.1) is 19.8 Å². The molecule has 5 nitrogen and oxygen atoms in total. The van der Waals surface area contributed by atoms with Gasteiger partial charge < -0.3 is 14.8 Å². The van der Waals surface area contributed by atoms with Crippen LogP contribution in [0.4, 0.5) is 5.69 Å². The largest absolute Gasteiger partial charge is 0.371 e. The zero-order valence-electron chi connectivity index (χ0n) is 16.0. The average molecular weight is 353 g/mol. The van der Waals surface area contributed by atoms with Crippen molar-refractivity contribution in [3.8, 4) is 0 Å². The van der Waals surface area contributed by atoms with Crippen molar-refractivity contribution in [1.82, 2.24) is 9.88 Å². The lowest BCUT2D eigenvalue weighted by Crippen LogP contribution is -2.33. The highest BCUT2D eigenvalue weighted by Crippen LogP contribution is 2.25. The van der Waals surface area contributed by atoms with Crippen LogP contribution in [-0.4, -0.2) is 48.3 Å². The summed E-state index contributed by atoms with van der Waals surface area (Å²) in [5.74, 6) is 0.402. The molecule has 2 aromatic rings. The van der Waals surface area contributed by atoms with Crippen LogP contribution in [0.1, 0.15) is 45.4 Å². The quantitative estimate of drug-likeness (QED) is 0.838. The number of carbonyl (C=O) groups is 2. The highest BCUT2D eigenvalue weighted by Gasteiger charge is 2.27. The van der Waals surface area contributed by atoms with Crippen molar-refractivity contribution in [3.05, 3.63) is 52.8 Å². The van der Waals surface area contributed by atoms with Gasteiger partial charge in [-0.1, -0.05) is 18.2 Å². The number of anilines is 1. The van der Waals surface area contributed by atoms with Gasteiger partial charge in [0.2, 0.25) is 0 Å². The Morgan fingerprint density at radius 2 is 1.92 bits per heavy atom. The van der Waals surface area contributed by atoms with Crippen LogP contribution < -0.4 is 4.90 Å². The van der Waals surface area contributed by atoms with Crippen LogP contribution in [0.25, 0.3) is 0 Å². The van der Waals surface area contributed by atoms with Gasteiger partial charge in [0.05, 0.1) is 11.3 Å². The van der Waals surface area contributed by atoms with Gasteiger partial charge >= 0.3 is 0 Å². The molecule has 1 fully saturated rings. The van der Waals surface area contributed by atoms with Gasteiger partial charge in [0, 0.05) is 45.0 Å². The first kappa shape index (κ1) is 18.2. The molecular formula is C21H27N3O2. The van der Waals surface area contributed by atoms with Crippen LogP contribution >= 0.6 is 0 Å². The third kappa shape index (κ3) is 3.52. The normalized spacial score (nSPS) is 16.8. The molecule has 1 aliphatic heterocycles. The lowest BCUT2D eigenvalue weighted by atomic mass is 10.1. The van der Waals surface area contributed by atoms with Crippen molar-refractivity contribution in [2.75, 3.05) is 31.6 Å². The molecule has 2 heterocycles. The van der Waals surface area contributed by atoms with E-state index in [0.717, 1.165) is 37.3 Å². The van der Waals surface area contributed by atoms with Gasteiger partial charge in [0.15, 0.2) is 5.78 Å². The maximum atomic E-state index is 12.9. The number of carbonyl (C=O) groups excluding carboxylic acids is 2. The lowest BCUT2D eigenvalue weighted by molar-refractivity contribution is 0.0775. The molecule has 138 valence electrons. The Kier molecular flexibility index (Phi) is 5.16. The molecule has 0 unspecified atom stereocenters. The number of para-hydroxylation sites is 1. The second-order valence-corrected chi connectivity index (χ2v) is 7.30. The second-order valence-electron chi connectivity index (χ2n) is 7.30. The molecule has 1 saturated heterocycles. The zero-order valence-corrected chi connectivity index (χ0v) is 16.0. The van der Waals surface area contributed by atoms with Crippen LogP contribution in [-0.2, 0) is 0 Å². The van der Waals surface area contributed by atoms with Crippen molar-refractivity contribution < 1.29 is 9.59 Å². The number of amides is 1. The van der Waals surface area contributed by atoms with Crippen LogP contribution in [0.3, 0.4) is 0 Å². The number of hydrogen-bond acceptors (Lipinski definition) is 3. The van der Waals surface area contributed by atoms with Crippen molar-refractivity contribution in [1.29, 1.82) is 0 Å². The summed E-state index contributed by atoms with van der Waals surface area (Å²) in [4.78, 5) is 31.9. The van der Waals surface area contributed by atoms with E-state index in [1.165, 1.54) is 12.6 Å². The zero-order chi connectivity index (χ0) is 18.8. The first-order chi connectivity index (χ1) is 12.4. The number of aromatic nitrogens is 1. The van der Waals surface area contributed by atoms with E-state index in [2.05, 4.69) is 34.1 Å². The number of rotatable bonds is 5. The fourth-order valence-electron chi connectivity index (χ4n) is 3.94. The van der Waals surface area contributed by atoms with Gasteiger partial charge in [-0.3, -0.25) is 9.59 Å². The number of ketones is 1. The summed E-state index contributed by atoms with van der Waals surface area (Å²) in [7, 11) is 1.85. The van der Waals surface area contributed by atoms with Gasteiger partial charge in [-0.2, -0.15) is 0 Å². The maximum absolute atomic E-state index is 12.9. The van der Waals surface area contributed by atoms with E-state index in [9.17, 15) is 9.59 Å². The Morgan fingerprint density at radius 3 is 2.54 bits per heavy atom. The molecule has 1 aromatic heterocycles. The SMILES string of the molecule is CC(=O)c1[nH]c(C)c(C(=O)N(C)C[C@H]2CCN(c3ccccc3)C2)c1C. The Morgan fingerprint density at radius 1 is 1.23 bits per heavy atom. The molecule has 0 aliphatic carbocycles. The van der Waals surface area contributed by atoms with E-state index in [1.54, 1.807) is 4.90 Å². The number of aryl methyl sites for hydroxylation is 1. The standard InChI is InChI=1S/C21H27N3O2/c1-14-19(15(2)22-20(14)16(3)25)21(26)23(4)12-17-10-11-24(13-17)18-8-6-5-7-9-18/h5-9,17,22H,10-13H2,1-4H3/t17-/m1/s1. The summed E-state index contributed by atoms with van der Waals surface area (Å²) in [6.07, 6.45) is 1.08. The smallest absolute Gasteiger partial charge is 0.255 e. The van der Waals surface area contributed by atoms with E-state index < -0.39 is 0 Å². The summed E-state index contributed by atoms with van der Waals surface area (Å²) in [6.45, 7) is 7.93. The third-order valence-electron chi connectivity index (χ3n) is 5.29. The molecule has 1 aromatic carbocycles. The van der Waals surface area contributed by atoms with E-state index in [-0.39, 0.29) is 11.7 Å². The Labute approximate surface area is 155 Å². The molecule has 1 N–H and O–H groups in total. The summed E-state index contributed by atoms with van der Waals surface area (Å²) < 4.78 is 0. The first-order valence-electron chi connectivity index (χ1n) is 9.14. The number of hydrogen-bond donors (Lipinski definition) is 1. The minimum absolute atomic E-state index is 0.0121. The Bertz CT molecular complexity index is 810. The predicted molar refractivity (Wildman–Crippen MR) is 104 cm³/mol. The number of nitrogens with zero attached hydrogens (tertiary/aromatic N) is 2. The molecule has 0 spiro atoms. The minimum atomic E-state index is -0.0402. The molecule has 26 heavy (non-hydrogen) atoms. The average Bonchev–Trinajstić information content (AvgIpc) is 3.19. The summed E-state index contributed by atoms with van der Waals surface area (Å²) in [6, 6.07) is 10.4. The number of Topliss-reactive ketones (excluding diaryl/α,β-unsaturated/α-hetero) is 1. The molecule has 1 atom stereocenters. The minimum Gasteiger partial charge on any atom is -0.371 e. The molecule has 3 rings (SSSR count). The van der Waals surface area contributed by atoms with Crippen molar-refractivity contribution in [2.45, 2.75) is 27.2 Å². The van der Waals surface area contributed by atoms with Crippen LogP contribution in [0.2, 0.25) is 0 Å². The predicted octanol–water partition coefficient (Wildman–Crippen LogP) is 3.43. The van der Waals surface area contributed by atoms with Crippen LogP contribution in [0.5, 0.6) is 0 Å². The molecular weight excluding hydrogens is 326 g/mol. The monoisotopic (exact) mass is 353 g/mol. The molecule has 0 bridgehead atoms. The summed E-state index contributed by atoms with van der Waals surface area (Å²) in [5, 5.41) is 0. The number of aromatic amines is 1. The molecule has 0 saturated carbocycles. The van der Waals surface area contributed by atoms with Gasteiger partial charge in [-0.15, -0.1) is 0 Å². The molecule has 0 radical (unpaired) electrons. The molecule has 1 aliphatic rings. The Balaban J connectivity index is 1.66. The van der Waals surface area contributed by atoms with Gasteiger partial charge in [-0.05, 0) is 43.9 Å². The Hall–Kier alpha value is -2.56. The fourth-order valence-corrected chi connectivity index (χ4v) is 3.94. The maximum Gasteiger partial charge on any atom is 0.255 e. The second kappa shape index (κ2) is 7.36. The molecule has 5 heteroatoms. The number of benzene rings is 1. The van der Waals surface area contributed by atoms with Crippen molar-refractivity contribution in [2.24, 2.45) is 5.92 Å². The van der Waals surface area contributed by atoms with Crippen molar-refractivity contribution >= 4 is 17.4 Å². The van der Waals surface area contributed by atoms with Crippen molar-refractivity contribution in [3.63, 3.8) is 0 Å². The highest BCUT2D eigenvalue weighted by atomic mass is 16.2. The van der Waals surface area contributed by atoms with E-state index in [0.29, 0.717) is 17.2 Å². The topological polar surface area (TPSA) is 56.4 Å². The van der Waals surface area contributed by atoms with Gasteiger partial charge in [0.25, 0.3) is 5.91 Å². The first-order valence-corrected chi connectivity index (χ1v) is 9.14. The number of nitrogens with one attached hydrogen (secondary N) is 1. The van der Waals surface area contributed by atoms with Crippen LogP contribution in [0.15, 0.2) is 30.3 Å².